The maximum Gasteiger partial charge on any atom is 0.123 e. The third kappa shape index (κ3) is 4.60. The summed E-state index contributed by atoms with van der Waals surface area (Å²) in [4.78, 5) is 6.03. The van der Waals surface area contributed by atoms with Crippen LogP contribution >= 0.6 is 22.7 Å². The van der Waals surface area contributed by atoms with Gasteiger partial charge in [0.05, 0.1) is 20.3 Å². The first-order chi connectivity index (χ1) is 12.2. The molecule has 0 amide bonds. The number of benzene rings is 1. The van der Waals surface area contributed by atoms with Crippen LogP contribution < -0.4 is 14.8 Å². The molecule has 0 aliphatic carbocycles. The first kappa shape index (κ1) is 17.9. The summed E-state index contributed by atoms with van der Waals surface area (Å²) in [6.07, 6.45) is 0.927. The van der Waals surface area contributed by atoms with Crippen molar-refractivity contribution in [2.75, 3.05) is 14.2 Å². The molecule has 0 spiro atoms. The molecule has 0 saturated carbocycles. The molecular weight excluding hydrogens is 352 g/mol. The Kier molecular flexibility index (Phi) is 6.07. The van der Waals surface area contributed by atoms with Crippen molar-refractivity contribution in [2.45, 2.75) is 25.9 Å². The number of thiazole rings is 1. The lowest BCUT2D eigenvalue weighted by molar-refractivity contribution is 0.395. The van der Waals surface area contributed by atoms with Gasteiger partial charge in [-0.2, -0.15) is 0 Å². The number of hydrogen-bond acceptors (Lipinski definition) is 6. The van der Waals surface area contributed by atoms with Crippen LogP contribution in [0.15, 0.2) is 41.1 Å². The van der Waals surface area contributed by atoms with Crippen LogP contribution in [0.1, 0.15) is 27.2 Å². The highest BCUT2D eigenvalue weighted by Gasteiger charge is 2.17. The minimum absolute atomic E-state index is 0.174. The van der Waals surface area contributed by atoms with Crippen LogP contribution in [0.3, 0.4) is 0 Å². The summed E-state index contributed by atoms with van der Waals surface area (Å²) in [5.74, 6) is 1.69. The number of thiophene rings is 1. The quantitative estimate of drug-likeness (QED) is 0.626. The Labute approximate surface area is 156 Å². The molecule has 2 heterocycles. The summed E-state index contributed by atoms with van der Waals surface area (Å²) in [5, 5.41) is 8.98. The standard InChI is InChI=1S/C19H22N2O2S2/c1-13-12-25-19(21-13)17(10-16-5-4-8-24-16)20-11-14-9-15(22-2)6-7-18(14)23-3/h4-9,12,17,20H,10-11H2,1-3H3. The molecule has 3 rings (SSSR count). The summed E-state index contributed by atoms with van der Waals surface area (Å²) >= 11 is 3.49. The van der Waals surface area contributed by atoms with Gasteiger partial charge in [0.25, 0.3) is 0 Å². The number of methoxy groups -OCH3 is 2. The van der Waals surface area contributed by atoms with Crippen LogP contribution in [-0.2, 0) is 13.0 Å². The Morgan fingerprint density at radius 1 is 1.16 bits per heavy atom. The van der Waals surface area contributed by atoms with Crippen LogP contribution in [0, 0.1) is 6.92 Å². The Morgan fingerprint density at radius 3 is 2.68 bits per heavy atom. The van der Waals surface area contributed by atoms with Gasteiger partial charge < -0.3 is 14.8 Å². The smallest absolute Gasteiger partial charge is 0.123 e. The number of nitrogens with one attached hydrogen (secondary N) is 1. The van der Waals surface area contributed by atoms with E-state index < -0.39 is 0 Å². The highest BCUT2D eigenvalue weighted by atomic mass is 32.1. The highest BCUT2D eigenvalue weighted by Crippen LogP contribution is 2.27. The highest BCUT2D eigenvalue weighted by molar-refractivity contribution is 7.10. The van der Waals surface area contributed by atoms with Crippen molar-refractivity contribution in [2.24, 2.45) is 0 Å². The van der Waals surface area contributed by atoms with Gasteiger partial charge in [-0.3, -0.25) is 0 Å². The van der Waals surface area contributed by atoms with E-state index in [-0.39, 0.29) is 6.04 Å². The van der Waals surface area contributed by atoms with E-state index in [0.29, 0.717) is 6.54 Å². The number of rotatable bonds is 8. The fourth-order valence-electron chi connectivity index (χ4n) is 2.66. The second kappa shape index (κ2) is 8.47. The van der Waals surface area contributed by atoms with E-state index in [0.717, 1.165) is 34.2 Å². The predicted molar refractivity (Wildman–Crippen MR) is 104 cm³/mol. The van der Waals surface area contributed by atoms with Gasteiger partial charge in [0.2, 0.25) is 0 Å². The molecule has 1 N–H and O–H groups in total. The Morgan fingerprint density at radius 2 is 2.04 bits per heavy atom. The van der Waals surface area contributed by atoms with Crippen LogP contribution in [0.2, 0.25) is 0 Å². The van der Waals surface area contributed by atoms with Crippen molar-refractivity contribution in [1.29, 1.82) is 0 Å². The molecule has 0 saturated heterocycles. The van der Waals surface area contributed by atoms with Crippen molar-refractivity contribution < 1.29 is 9.47 Å². The summed E-state index contributed by atoms with van der Waals surface area (Å²) in [7, 11) is 3.37. The first-order valence-electron chi connectivity index (χ1n) is 8.08. The second-order valence-corrected chi connectivity index (χ2v) is 7.64. The molecule has 4 nitrogen and oxygen atoms in total. The lowest BCUT2D eigenvalue weighted by atomic mass is 10.1. The molecule has 3 aromatic rings. The normalized spacial score (nSPS) is 12.1. The third-order valence-corrected chi connectivity index (χ3v) is 5.92. The molecule has 1 atom stereocenters. The zero-order valence-electron chi connectivity index (χ0n) is 14.6. The average Bonchev–Trinajstić information content (AvgIpc) is 3.29. The second-order valence-electron chi connectivity index (χ2n) is 5.72. The average molecular weight is 375 g/mol. The molecular formula is C19H22N2O2S2. The largest absolute Gasteiger partial charge is 0.497 e. The zero-order valence-corrected chi connectivity index (χ0v) is 16.2. The fourth-order valence-corrected chi connectivity index (χ4v) is 4.29. The summed E-state index contributed by atoms with van der Waals surface area (Å²) in [5.41, 5.74) is 2.14. The molecule has 2 aromatic heterocycles. The number of hydrogen-bond donors (Lipinski definition) is 1. The van der Waals surface area contributed by atoms with Gasteiger partial charge in [-0.05, 0) is 36.6 Å². The van der Waals surface area contributed by atoms with Crippen molar-refractivity contribution in [3.05, 3.63) is 62.2 Å². The topological polar surface area (TPSA) is 43.4 Å². The van der Waals surface area contributed by atoms with Gasteiger partial charge in [-0.15, -0.1) is 22.7 Å². The van der Waals surface area contributed by atoms with Gasteiger partial charge in [-0.25, -0.2) is 4.98 Å². The molecule has 1 unspecified atom stereocenters. The van der Waals surface area contributed by atoms with Crippen molar-refractivity contribution >= 4 is 22.7 Å². The number of ether oxygens (including phenoxy) is 2. The van der Waals surface area contributed by atoms with E-state index in [1.165, 1.54) is 4.88 Å². The first-order valence-corrected chi connectivity index (χ1v) is 9.84. The maximum atomic E-state index is 5.49. The van der Waals surface area contributed by atoms with Crippen LogP contribution in [0.4, 0.5) is 0 Å². The van der Waals surface area contributed by atoms with E-state index >= 15 is 0 Å². The van der Waals surface area contributed by atoms with Crippen LogP contribution in [-0.4, -0.2) is 19.2 Å². The van der Waals surface area contributed by atoms with E-state index in [9.17, 15) is 0 Å². The molecule has 132 valence electrons. The summed E-state index contributed by atoms with van der Waals surface area (Å²) in [6, 6.07) is 10.3. The summed E-state index contributed by atoms with van der Waals surface area (Å²) < 4.78 is 10.8. The minimum Gasteiger partial charge on any atom is -0.497 e. The number of aromatic nitrogens is 1. The predicted octanol–water partition coefficient (Wildman–Crippen LogP) is 4.60. The minimum atomic E-state index is 0.174. The van der Waals surface area contributed by atoms with Crippen molar-refractivity contribution in [3.63, 3.8) is 0 Å². The molecule has 0 bridgehead atoms. The zero-order chi connectivity index (χ0) is 17.6. The summed E-state index contributed by atoms with van der Waals surface area (Å²) in [6.45, 7) is 2.72. The monoisotopic (exact) mass is 374 g/mol. The number of aryl methyl sites for hydroxylation is 1. The Bertz CT molecular complexity index is 800. The van der Waals surface area contributed by atoms with E-state index in [1.54, 1.807) is 36.9 Å². The maximum absolute atomic E-state index is 5.49. The van der Waals surface area contributed by atoms with Crippen molar-refractivity contribution in [1.82, 2.24) is 10.3 Å². The van der Waals surface area contributed by atoms with Gasteiger partial charge >= 0.3 is 0 Å². The SMILES string of the molecule is COc1ccc(OC)c(CNC(Cc2cccs2)c2nc(C)cs2)c1. The van der Waals surface area contributed by atoms with E-state index in [2.05, 4.69) is 33.2 Å². The van der Waals surface area contributed by atoms with Gasteiger partial charge in [0.15, 0.2) is 0 Å². The molecule has 0 radical (unpaired) electrons. The molecule has 1 aromatic carbocycles. The van der Waals surface area contributed by atoms with E-state index in [1.807, 2.05) is 25.1 Å². The number of nitrogens with zero attached hydrogens (tertiary/aromatic N) is 1. The van der Waals surface area contributed by atoms with Crippen LogP contribution in [0.5, 0.6) is 11.5 Å². The molecule has 0 fully saturated rings. The lowest BCUT2D eigenvalue weighted by Gasteiger charge is -2.18. The fraction of sp³-hybridized carbons (Fsp3) is 0.316. The Balaban J connectivity index is 1.78. The lowest BCUT2D eigenvalue weighted by Crippen LogP contribution is -2.23. The van der Waals surface area contributed by atoms with Gasteiger partial charge in [0.1, 0.15) is 16.5 Å². The molecule has 6 heteroatoms. The van der Waals surface area contributed by atoms with Gasteiger partial charge in [0, 0.05) is 34.5 Å². The van der Waals surface area contributed by atoms with E-state index in [4.69, 9.17) is 9.47 Å². The molecule has 0 aliphatic rings. The Hall–Kier alpha value is -1.89. The third-order valence-electron chi connectivity index (χ3n) is 3.95. The van der Waals surface area contributed by atoms with Gasteiger partial charge in [-0.1, -0.05) is 6.07 Å². The molecule has 0 aliphatic heterocycles. The molecule has 25 heavy (non-hydrogen) atoms. The van der Waals surface area contributed by atoms with Crippen molar-refractivity contribution in [3.8, 4) is 11.5 Å². The van der Waals surface area contributed by atoms with Crippen LogP contribution in [0.25, 0.3) is 0 Å².